The molecule has 0 radical (unpaired) electrons. The molecule has 0 aromatic carbocycles. The lowest BCUT2D eigenvalue weighted by atomic mass is 10.2. The maximum Gasteiger partial charge on any atom is 0.330 e. The monoisotopic (exact) mass is 388 g/mol. The predicted molar refractivity (Wildman–Crippen MR) is 90.9 cm³/mol. The van der Waals surface area contributed by atoms with E-state index in [-0.39, 0.29) is 18.4 Å². The smallest absolute Gasteiger partial charge is 0.330 e. The molecule has 24 heavy (non-hydrogen) atoms. The van der Waals surface area contributed by atoms with Crippen molar-refractivity contribution >= 4 is 15.0 Å². The summed E-state index contributed by atoms with van der Waals surface area (Å²) in [6, 6.07) is 0. The topological polar surface area (TPSA) is 101 Å². The molecule has 2 rings (SSSR count). The van der Waals surface area contributed by atoms with Crippen LogP contribution in [0, 0.1) is 11.8 Å². The molecule has 0 aromatic rings. The SMILES string of the molecule is COP(=O)(CC1COC(C)(C)OC1)OC.CP1(=O)CC(CO)CO1. The van der Waals surface area contributed by atoms with Crippen molar-refractivity contribution in [2.24, 2.45) is 11.8 Å². The van der Waals surface area contributed by atoms with Crippen LogP contribution in [0.5, 0.6) is 0 Å². The van der Waals surface area contributed by atoms with E-state index in [2.05, 4.69) is 0 Å². The zero-order valence-electron chi connectivity index (χ0n) is 15.1. The van der Waals surface area contributed by atoms with Crippen molar-refractivity contribution in [3.63, 3.8) is 0 Å². The van der Waals surface area contributed by atoms with E-state index in [1.807, 2.05) is 13.8 Å². The second-order valence-corrected chi connectivity index (χ2v) is 11.6. The summed E-state index contributed by atoms with van der Waals surface area (Å²) in [4.78, 5) is 0. The summed E-state index contributed by atoms with van der Waals surface area (Å²) in [6.45, 7) is 6.92. The molecule has 2 heterocycles. The molecule has 0 amide bonds. The van der Waals surface area contributed by atoms with Gasteiger partial charge in [0.25, 0.3) is 0 Å². The lowest BCUT2D eigenvalue weighted by molar-refractivity contribution is -0.259. The number of rotatable bonds is 5. The quantitative estimate of drug-likeness (QED) is 0.717. The Morgan fingerprint density at radius 2 is 1.71 bits per heavy atom. The highest BCUT2D eigenvalue weighted by molar-refractivity contribution is 7.58. The Labute approximate surface area is 144 Å². The summed E-state index contributed by atoms with van der Waals surface area (Å²) in [5.74, 6) is -0.370. The Kier molecular flexibility index (Phi) is 8.57. The number of hydrogen-bond acceptors (Lipinski definition) is 8. The standard InChI is InChI=1S/C9H19O5P.C5H11O3P/c1-9(2)13-5-8(6-14-9)7-15(10,11-3)12-4;1-9(7)4-5(2-6)3-8-9/h8H,5-7H2,1-4H3;5-6H,2-4H2,1H3. The molecule has 0 bridgehead atoms. The van der Waals surface area contributed by atoms with Crippen LogP contribution in [-0.2, 0) is 32.2 Å². The van der Waals surface area contributed by atoms with Crippen LogP contribution in [-0.4, -0.2) is 70.5 Å². The average molecular weight is 388 g/mol. The third-order valence-corrected chi connectivity index (χ3v) is 7.75. The van der Waals surface area contributed by atoms with Crippen LogP contribution < -0.4 is 0 Å². The minimum Gasteiger partial charge on any atom is -0.396 e. The molecule has 2 saturated heterocycles. The highest BCUT2D eigenvalue weighted by Gasteiger charge is 2.34. The Balaban J connectivity index is 0.000000272. The first-order valence-electron chi connectivity index (χ1n) is 7.85. The van der Waals surface area contributed by atoms with Crippen molar-refractivity contribution in [1.29, 1.82) is 0 Å². The van der Waals surface area contributed by atoms with Crippen LogP contribution in [0.2, 0.25) is 0 Å². The minimum atomic E-state index is -2.95. The van der Waals surface area contributed by atoms with E-state index in [1.54, 1.807) is 6.66 Å². The van der Waals surface area contributed by atoms with Gasteiger partial charge in [0, 0.05) is 45.5 Å². The van der Waals surface area contributed by atoms with Gasteiger partial charge in [-0.1, -0.05) is 0 Å². The molecule has 2 unspecified atom stereocenters. The van der Waals surface area contributed by atoms with Crippen LogP contribution in [0.1, 0.15) is 13.8 Å². The van der Waals surface area contributed by atoms with E-state index in [4.69, 9.17) is 28.2 Å². The molecular formula is C14H30O8P2. The van der Waals surface area contributed by atoms with Gasteiger partial charge in [-0.25, -0.2) is 0 Å². The second kappa shape index (κ2) is 9.24. The highest BCUT2D eigenvalue weighted by Crippen LogP contribution is 2.50. The third kappa shape index (κ3) is 7.63. The number of aliphatic hydroxyl groups is 1. The maximum atomic E-state index is 11.8. The van der Waals surface area contributed by atoms with Gasteiger partial charge in [-0.3, -0.25) is 9.13 Å². The Bertz CT molecular complexity index is 463. The van der Waals surface area contributed by atoms with Gasteiger partial charge in [-0.15, -0.1) is 0 Å². The van der Waals surface area contributed by atoms with Gasteiger partial charge < -0.3 is 28.2 Å². The van der Waals surface area contributed by atoms with Gasteiger partial charge in [0.05, 0.1) is 26.0 Å². The van der Waals surface area contributed by atoms with Crippen LogP contribution in [0.4, 0.5) is 0 Å². The van der Waals surface area contributed by atoms with E-state index < -0.39 is 20.8 Å². The van der Waals surface area contributed by atoms with Crippen molar-refractivity contribution in [3.8, 4) is 0 Å². The van der Waals surface area contributed by atoms with E-state index in [9.17, 15) is 9.13 Å². The molecule has 144 valence electrons. The molecule has 1 N–H and O–H groups in total. The van der Waals surface area contributed by atoms with Crippen molar-refractivity contribution < 1.29 is 37.3 Å². The van der Waals surface area contributed by atoms with E-state index in [1.165, 1.54) is 14.2 Å². The van der Waals surface area contributed by atoms with Crippen LogP contribution >= 0.6 is 15.0 Å². The molecular weight excluding hydrogens is 358 g/mol. The first-order chi connectivity index (χ1) is 11.0. The molecule has 0 aliphatic carbocycles. The van der Waals surface area contributed by atoms with Crippen LogP contribution in [0.15, 0.2) is 0 Å². The van der Waals surface area contributed by atoms with Gasteiger partial charge in [-0.05, 0) is 13.8 Å². The number of hydrogen-bond donors (Lipinski definition) is 1. The Morgan fingerprint density at radius 3 is 2.04 bits per heavy atom. The fraction of sp³-hybridized carbons (Fsp3) is 1.00. The fourth-order valence-electron chi connectivity index (χ4n) is 2.32. The van der Waals surface area contributed by atoms with Crippen molar-refractivity contribution in [2.75, 3.05) is 59.6 Å². The largest absolute Gasteiger partial charge is 0.396 e. The molecule has 0 saturated carbocycles. The fourth-order valence-corrected chi connectivity index (χ4v) is 5.40. The summed E-state index contributed by atoms with van der Waals surface area (Å²) in [7, 11) is -2.45. The number of aliphatic hydroxyl groups excluding tert-OH is 1. The lowest BCUT2D eigenvalue weighted by Crippen LogP contribution is -2.40. The summed E-state index contributed by atoms with van der Waals surface area (Å²) in [6.07, 6.45) is 0.875. The highest BCUT2D eigenvalue weighted by atomic mass is 31.2. The molecule has 0 aromatic heterocycles. The zero-order chi connectivity index (χ0) is 18.4. The number of ether oxygens (including phenoxy) is 2. The summed E-state index contributed by atoms with van der Waals surface area (Å²) in [5, 5.41) is 8.60. The van der Waals surface area contributed by atoms with Crippen molar-refractivity contribution in [1.82, 2.24) is 0 Å². The van der Waals surface area contributed by atoms with E-state index in [0.29, 0.717) is 32.1 Å². The molecule has 2 aliphatic rings. The summed E-state index contributed by atoms with van der Waals surface area (Å²) >= 11 is 0. The Hall–Kier alpha value is 0.220. The normalized spacial score (nSPS) is 30.7. The average Bonchev–Trinajstić information content (AvgIpc) is 2.89. The van der Waals surface area contributed by atoms with Crippen molar-refractivity contribution in [3.05, 3.63) is 0 Å². The molecule has 8 nitrogen and oxygen atoms in total. The second-order valence-electron chi connectivity index (χ2n) is 6.59. The van der Waals surface area contributed by atoms with Gasteiger partial charge >= 0.3 is 7.60 Å². The first-order valence-corrected chi connectivity index (χ1v) is 11.8. The van der Waals surface area contributed by atoms with Crippen molar-refractivity contribution in [2.45, 2.75) is 19.6 Å². The summed E-state index contributed by atoms with van der Waals surface area (Å²) < 4.78 is 48.5. The maximum absolute atomic E-state index is 11.8. The van der Waals surface area contributed by atoms with Crippen LogP contribution in [0.25, 0.3) is 0 Å². The van der Waals surface area contributed by atoms with E-state index >= 15 is 0 Å². The predicted octanol–water partition coefficient (Wildman–Crippen LogP) is 2.40. The zero-order valence-corrected chi connectivity index (χ0v) is 16.9. The Morgan fingerprint density at radius 1 is 1.17 bits per heavy atom. The van der Waals surface area contributed by atoms with Gasteiger partial charge in [0.1, 0.15) is 0 Å². The third-order valence-electron chi connectivity index (χ3n) is 3.80. The van der Waals surface area contributed by atoms with E-state index in [0.717, 1.165) is 0 Å². The first kappa shape index (κ1) is 22.3. The van der Waals surface area contributed by atoms with Crippen LogP contribution in [0.3, 0.4) is 0 Å². The molecule has 2 aliphatic heterocycles. The molecule has 2 atom stereocenters. The summed E-state index contributed by atoms with van der Waals surface area (Å²) in [5.41, 5.74) is 0. The van der Waals surface area contributed by atoms with Gasteiger partial charge in [0.15, 0.2) is 5.79 Å². The van der Waals surface area contributed by atoms with Gasteiger partial charge in [0.2, 0.25) is 7.37 Å². The molecule has 2 fully saturated rings. The van der Waals surface area contributed by atoms with Gasteiger partial charge in [-0.2, -0.15) is 0 Å². The minimum absolute atomic E-state index is 0.0590. The molecule has 0 spiro atoms. The molecule has 10 heteroatoms. The lowest BCUT2D eigenvalue weighted by Gasteiger charge is -2.35.